The molecular weight excluding hydrogens is 408 g/mol. The van der Waals surface area contributed by atoms with Gasteiger partial charge in [0.1, 0.15) is 5.82 Å². The van der Waals surface area contributed by atoms with E-state index in [0.29, 0.717) is 16.5 Å². The summed E-state index contributed by atoms with van der Waals surface area (Å²) in [6.45, 7) is 0. The summed E-state index contributed by atoms with van der Waals surface area (Å²) in [5.74, 6) is -0.268. The van der Waals surface area contributed by atoms with Crippen molar-refractivity contribution < 1.29 is 4.39 Å². The molecule has 2 aromatic rings. The van der Waals surface area contributed by atoms with Crippen LogP contribution in [0.15, 0.2) is 46.9 Å². The van der Waals surface area contributed by atoms with Crippen molar-refractivity contribution in [2.45, 2.75) is 12.5 Å². The van der Waals surface area contributed by atoms with E-state index in [1.807, 2.05) is 24.3 Å². The Morgan fingerprint density at radius 3 is 2.50 bits per heavy atom. The molecular formula is C14H12BrFIN. The molecule has 18 heavy (non-hydrogen) atoms. The number of benzene rings is 2. The zero-order chi connectivity index (χ0) is 13.1. The van der Waals surface area contributed by atoms with Crippen LogP contribution in [0.25, 0.3) is 0 Å². The average molecular weight is 420 g/mol. The first-order chi connectivity index (χ1) is 8.58. The van der Waals surface area contributed by atoms with Gasteiger partial charge in [-0.3, -0.25) is 0 Å². The van der Waals surface area contributed by atoms with Gasteiger partial charge in [-0.1, -0.05) is 24.3 Å². The van der Waals surface area contributed by atoms with Crippen molar-refractivity contribution in [2.24, 2.45) is 5.73 Å². The predicted octanol–water partition coefficient (Wildman–Crippen LogP) is 4.44. The van der Waals surface area contributed by atoms with Crippen molar-refractivity contribution in [3.8, 4) is 0 Å². The molecule has 1 nitrogen and oxygen atoms in total. The average Bonchev–Trinajstić information content (AvgIpc) is 2.35. The molecule has 0 spiro atoms. The summed E-state index contributed by atoms with van der Waals surface area (Å²) in [5, 5.41) is 0. The van der Waals surface area contributed by atoms with Crippen LogP contribution in [0, 0.1) is 9.39 Å². The Morgan fingerprint density at radius 1 is 1.17 bits per heavy atom. The van der Waals surface area contributed by atoms with E-state index in [-0.39, 0.29) is 11.9 Å². The van der Waals surface area contributed by atoms with Crippen LogP contribution >= 0.6 is 38.5 Å². The molecule has 94 valence electrons. The van der Waals surface area contributed by atoms with Crippen molar-refractivity contribution in [1.29, 1.82) is 0 Å². The van der Waals surface area contributed by atoms with Gasteiger partial charge in [0.15, 0.2) is 0 Å². The predicted molar refractivity (Wildman–Crippen MR) is 83.9 cm³/mol. The van der Waals surface area contributed by atoms with E-state index in [2.05, 4.69) is 38.5 Å². The van der Waals surface area contributed by atoms with E-state index in [1.165, 1.54) is 3.57 Å². The summed E-state index contributed by atoms with van der Waals surface area (Å²) in [6.07, 6.45) is 0.629. The van der Waals surface area contributed by atoms with Gasteiger partial charge in [0.05, 0.1) is 4.47 Å². The maximum Gasteiger partial charge on any atom is 0.142 e. The first-order valence-electron chi connectivity index (χ1n) is 5.52. The Bertz CT molecular complexity index is 542. The van der Waals surface area contributed by atoms with Gasteiger partial charge in [0.2, 0.25) is 0 Å². The molecule has 1 unspecified atom stereocenters. The van der Waals surface area contributed by atoms with Gasteiger partial charge in [0, 0.05) is 15.2 Å². The van der Waals surface area contributed by atoms with Crippen molar-refractivity contribution >= 4 is 38.5 Å². The number of hydrogen-bond acceptors (Lipinski definition) is 1. The highest BCUT2D eigenvalue weighted by Gasteiger charge is 2.13. The quantitative estimate of drug-likeness (QED) is 0.731. The van der Waals surface area contributed by atoms with Gasteiger partial charge >= 0.3 is 0 Å². The monoisotopic (exact) mass is 419 g/mol. The number of hydrogen-bond donors (Lipinski definition) is 1. The summed E-state index contributed by atoms with van der Waals surface area (Å²) in [6, 6.07) is 13.0. The SMILES string of the molecule is NC(Cc1ccc(I)cc1)c1cccc(Br)c1F. The molecule has 0 bridgehead atoms. The Morgan fingerprint density at radius 2 is 1.83 bits per heavy atom. The second-order valence-corrected chi connectivity index (χ2v) is 6.18. The molecule has 0 heterocycles. The minimum absolute atomic E-state index is 0.268. The molecule has 2 N–H and O–H groups in total. The second kappa shape index (κ2) is 6.12. The molecule has 4 heteroatoms. The molecule has 0 aliphatic rings. The molecule has 0 aliphatic heterocycles. The van der Waals surface area contributed by atoms with Gasteiger partial charge in [-0.05, 0) is 68.7 Å². The summed E-state index contributed by atoms with van der Waals surface area (Å²) < 4.78 is 15.5. The molecule has 0 radical (unpaired) electrons. The maximum atomic E-state index is 13.9. The van der Waals surface area contributed by atoms with Crippen LogP contribution in [0.4, 0.5) is 4.39 Å². The minimum Gasteiger partial charge on any atom is -0.324 e. The fourth-order valence-corrected chi connectivity index (χ4v) is 2.53. The van der Waals surface area contributed by atoms with Crippen LogP contribution in [-0.2, 0) is 6.42 Å². The zero-order valence-corrected chi connectivity index (χ0v) is 13.3. The lowest BCUT2D eigenvalue weighted by Gasteiger charge is -2.14. The second-order valence-electron chi connectivity index (χ2n) is 4.08. The fraction of sp³-hybridized carbons (Fsp3) is 0.143. The van der Waals surface area contributed by atoms with Gasteiger partial charge < -0.3 is 5.73 Å². The molecule has 0 aliphatic carbocycles. The number of rotatable bonds is 3. The Balaban J connectivity index is 2.19. The van der Waals surface area contributed by atoms with E-state index in [4.69, 9.17) is 5.73 Å². The highest BCUT2D eigenvalue weighted by Crippen LogP contribution is 2.24. The first kappa shape index (κ1) is 14.0. The largest absolute Gasteiger partial charge is 0.324 e. The lowest BCUT2D eigenvalue weighted by atomic mass is 9.99. The molecule has 0 aromatic heterocycles. The van der Waals surface area contributed by atoms with Gasteiger partial charge in [-0.15, -0.1) is 0 Å². The Kier molecular flexibility index (Phi) is 4.75. The third-order valence-corrected chi connectivity index (χ3v) is 4.08. The number of halogens is 3. The molecule has 0 amide bonds. The molecule has 2 rings (SSSR count). The number of nitrogens with two attached hydrogens (primary N) is 1. The van der Waals surface area contributed by atoms with Gasteiger partial charge in [-0.2, -0.15) is 0 Å². The van der Waals surface area contributed by atoms with Gasteiger partial charge in [-0.25, -0.2) is 4.39 Å². The highest BCUT2D eigenvalue weighted by molar-refractivity contribution is 14.1. The van der Waals surface area contributed by atoms with Crippen LogP contribution in [-0.4, -0.2) is 0 Å². The summed E-state index contributed by atoms with van der Waals surface area (Å²) >= 11 is 5.43. The minimum atomic E-state index is -0.331. The van der Waals surface area contributed by atoms with Crippen molar-refractivity contribution in [2.75, 3.05) is 0 Å². The third kappa shape index (κ3) is 3.30. The molecule has 1 atom stereocenters. The molecule has 0 saturated heterocycles. The topological polar surface area (TPSA) is 26.0 Å². The van der Waals surface area contributed by atoms with Crippen LogP contribution in [0.5, 0.6) is 0 Å². The smallest absolute Gasteiger partial charge is 0.142 e. The maximum absolute atomic E-state index is 13.9. The van der Waals surface area contributed by atoms with E-state index in [1.54, 1.807) is 18.2 Å². The zero-order valence-electron chi connectivity index (χ0n) is 9.54. The molecule has 0 fully saturated rings. The van der Waals surface area contributed by atoms with Crippen LogP contribution < -0.4 is 5.73 Å². The van der Waals surface area contributed by atoms with Gasteiger partial charge in [0.25, 0.3) is 0 Å². The normalized spacial score (nSPS) is 12.4. The van der Waals surface area contributed by atoms with E-state index < -0.39 is 0 Å². The lowest BCUT2D eigenvalue weighted by Crippen LogP contribution is -2.15. The van der Waals surface area contributed by atoms with Crippen molar-refractivity contribution in [3.63, 3.8) is 0 Å². The Labute approximate surface area is 128 Å². The summed E-state index contributed by atoms with van der Waals surface area (Å²) in [5.41, 5.74) is 7.73. The summed E-state index contributed by atoms with van der Waals surface area (Å²) in [4.78, 5) is 0. The van der Waals surface area contributed by atoms with Crippen LogP contribution in [0.3, 0.4) is 0 Å². The molecule has 0 saturated carbocycles. The van der Waals surface area contributed by atoms with Crippen LogP contribution in [0.2, 0.25) is 0 Å². The lowest BCUT2D eigenvalue weighted by molar-refractivity contribution is 0.575. The fourth-order valence-electron chi connectivity index (χ4n) is 1.79. The van der Waals surface area contributed by atoms with E-state index >= 15 is 0 Å². The van der Waals surface area contributed by atoms with E-state index in [0.717, 1.165) is 5.56 Å². The summed E-state index contributed by atoms with van der Waals surface area (Å²) in [7, 11) is 0. The van der Waals surface area contributed by atoms with Crippen molar-refractivity contribution in [1.82, 2.24) is 0 Å². The standard InChI is InChI=1S/C14H12BrFIN/c15-12-3-1-2-11(14(12)16)13(18)8-9-4-6-10(17)7-5-9/h1-7,13H,8,18H2. The first-order valence-corrected chi connectivity index (χ1v) is 7.39. The third-order valence-electron chi connectivity index (χ3n) is 2.75. The Hall–Kier alpha value is -0.460. The highest BCUT2D eigenvalue weighted by atomic mass is 127. The van der Waals surface area contributed by atoms with E-state index in [9.17, 15) is 4.39 Å². The molecule has 2 aromatic carbocycles. The van der Waals surface area contributed by atoms with Crippen LogP contribution in [0.1, 0.15) is 17.2 Å². The van der Waals surface area contributed by atoms with Crippen molar-refractivity contribution in [3.05, 3.63) is 67.5 Å².